The van der Waals surface area contributed by atoms with Gasteiger partial charge < -0.3 is 0 Å². The van der Waals surface area contributed by atoms with Crippen LogP contribution in [0, 0.1) is 0 Å². The zero-order chi connectivity index (χ0) is 35.3. The molecule has 0 amide bonds. The molecule has 0 aliphatic heterocycles. The molecule has 0 saturated heterocycles. The van der Waals surface area contributed by atoms with Gasteiger partial charge in [0.1, 0.15) is 0 Å². The molecular weight excluding hydrogens is 653 g/mol. The first-order chi connectivity index (χ1) is 25.7. The third-order valence-corrected chi connectivity index (χ3v) is 10.5. The summed E-state index contributed by atoms with van der Waals surface area (Å²) in [7, 11) is 0. The molecule has 0 spiro atoms. The minimum atomic E-state index is 0.655. The summed E-state index contributed by atoms with van der Waals surface area (Å²) in [5.41, 5.74) is 9.75. The fraction of sp³-hybridized carbons (Fsp3) is 0.106. The van der Waals surface area contributed by atoms with Crippen LogP contribution in [0.2, 0.25) is 0 Å². The maximum Gasteiger partial charge on any atom is 0.164 e. The lowest BCUT2D eigenvalue weighted by molar-refractivity contribution is 0.873. The standard InChI is InChI=1S/C45H32N4S.C2H6/c1-2-5-12-32(11-4-1)43-47-44(33-13-6-3-7-14-33)49-45(48-43)38-26-36(25-37(27-38)35-15-10-24-46-29-35)31-20-18-30(19-21-31)34-22-23-42-40(28-34)39-16-8-9-17-41(39)50-42;1-2/h1,3-4,6-11,13-29H,2,5,12H2;1-2H3. The van der Waals surface area contributed by atoms with Crippen molar-refractivity contribution in [3.8, 4) is 56.2 Å². The Morgan fingerprint density at radius 3 is 1.92 bits per heavy atom. The molecule has 1 aliphatic carbocycles. The van der Waals surface area contributed by atoms with E-state index in [1.54, 1.807) is 0 Å². The number of nitrogens with zero attached hydrogens (tertiary/aromatic N) is 4. The van der Waals surface area contributed by atoms with E-state index in [0.29, 0.717) is 11.6 Å². The number of aromatic nitrogens is 4. The van der Waals surface area contributed by atoms with Gasteiger partial charge in [0.15, 0.2) is 17.5 Å². The van der Waals surface area contributed by atoms with Crippen LogP contribution in [-0.4, -0.2) is 19.9 Å². The fourth-order valence-corrected chi connectivity index (χ4v) is 7.80. The lowest BCUT2D eigenvalue weighted by Crippen LogP contribution is -2.03. The van der Waals surface area contributed by atoms with Crippen LogP contribution in [0.15, 0.2) is 158 Å². The van der Waals surface area contributed by atoms with E-state index in [9.17, 15) is 0 Å². The molecule has 0 unspecified atom stereocenters. The third-order valence-electron chi connectivity index (χ3n) is 9.32. The topological polar surface area (TPSA) is 51.6 Å². The molecule has 0 radical (unpaired) electrons. The number of hydrogen-bond acceptors (Lipinski definition) is 5. The van der Waals surface area contributed by atoms with Gasteiger partial charge in [0.2, 0.25) is 0 Å². The van der Waals surface area contributed by atoms with E-state index in [2.05, 4.69) is 126 Å². The Labute approximate surface area is 309 Å². The van der Waals surface area contributed by atoms with Gasteiger partial charge in [-0.2, -0.15) is 0 Å². The average molecular weight is 691 g/mol. The van der Waals surface area contributed by atoms with Crippen LogP contribution in [0.3, 0.4) is 0 Å². The number of fused-ring (bicyclic) bond motifs is 3. The van der Waals surface area contributed by atoms with Gasteiger partial charge in [-0.25, -0.2) is 15.0 Å². The van der Waals surface area contributed by atoms with Crippen molar-refractivity contribution < 1.29 is 0 Å². The Kier molecular flexibility index (Phi) is 9.59. The largest absolute Gasteiger partial charge is 0.264 e. The highest BCUT2D eigenvalue weighted by Crippen LogP contribution is 2.38. The summed E-state index contributed by atoms with van der Waals surface area (Å²) in [6.07, 6.45) is 13.3. The van der Waals surface area contributed by atoms with Crippen LogP contribution < -0.4 is 0 Å². The smallest absolute Gasteiger partial charge is 0.164 e. The maximum absolute atomic E-state index is 5.12. The Balaban J connectivity index is 0.00000190. The number of pyridine rings is 1. The van der Waals surface area contributed by atoms with Crippen LogP contribution in [0.4, 0.5) is 0 Å². The lowest BCUT2D eigenvalue weighted by atomic mass is 9.95. The van der Waals surface area contributed by atoms with Crippen molar-refractivity contribution in [3.05, 3.63) is 164 Å². The Morgan fingerprint density at radius 2 is 1.13 bits per heavy atom. The van der Waals surface area contributed by atoms with Crippen molar-refractivity contribution in [3.63, 3.8) is 0 Å². The van der Waals surface area contributed by atoms with Crippen LogP contribution in [0.5, 0.6) is 0 Å². The molecule has 5 heteroatoms. The number of thiophene rings is 1. The summed E-state index contributed by atoms with van der Waals surface area (Å²) < 4.78 is 2.64. The highest BCUT2D eigenvalue weighted by Gasteiger charge is 2.16. The van der Waals surface area contributed by atoms with Crippen LogP contribution in [-0.2, 0) is 0 Å². The lowest BCUT2D eigenvalue weighted by Gasteiger charge is -2.13. The van der Waals surface area contributed by atoms with Gasteiger partial charge in [0.05, 0.1) is 0 Å². The quantitative estimate of drug-likeness (QED) is 0.174. The molecule has 0 N–H and O–H groups in total. The molecule has 252 valence electrons. The molecule has 0 saturated carbocycles. The molecule has 1 aliphatic rings. The van der Waals surface area contributed by atoms with Crippen molar-refractivity contribution in [1.29, 1.82) is 0 Å². The van der Waals surface area contributed by atoms with Gasteiger partial charge in [-0.15, -0.1) is 11.3 Å². The zero-order valence-electron chi connectivity index (χ0n) is 29.3. The van der Waals surface area contributed by atoms with E-state index in [4.69, 9.17) is 15.0 Å². The normalized spacial score (nSPS) is 12.6. The van der Waals surface area contributed by atoms with Crippen molar-refractivity contribution in [1.82, 2.24) is 19.9 Å². The molecule has 0 atom stereocenters. The van der Waals surface area contributed by atoms with Crippen molar-refractivity contribution in [2.24, 2.45) is 0 Å². The molecule has 52 heavy (non-hydrogen) atoms. The predicted molar refractivity (Wildman–Crippen MR) is 220 cm³/mol. The first kappa shape index (κ1) is 33.1. The minimum absolute atomic E-state index is 0.655. The minimum Gasteiger partial charge on any atom is -0.264 e. The Bertz CT molecular complexity index is 2550. The van der Waals surface area contributed by atoms with E-state index in [1.165, 1.54) is 31.3 Å². The molecule has 0 bridgehead atoms. The second-order valence-electron chi connectivity index (χ2n) is 12.6. The maximum atomic E-state index is 5.12. The summed E-state index contributed by atoms with van der Waals surface area (Å²) >= 11 is 1.85. The summed E-state index contributed by atoms with van der Waals surface area (Å²) in [4.78, 5) is 19.6. The highest BCUT2D eigenvalue weighted by molar-refractivity contribution is 7.25. The molecule has 3 aromatic heterocycles. The van der Waals surface area contributed by atoms with Gasteiger partial charge in [-0.1, -0.05) is 117 Å². The molecule has 8 aromatic rings. The number of allylic oxidation sites excluding steroid dienone is 4. The van der Waals surface area contributed by atoms with Gasteiger partial charge in [0, 0.05) is 49.3 Å². The first-order valence-electron chi connectivity index (χ1n) is 18.0. The molecular formula is C47H38N4S. The summed E-state index contributed by atoms with van der Waals surface area (Å²) in [5, 5.41) is 2.62. The predicted octanol–water partition coefficient (Wildman–Crippen LogP) is 13.1. The van der Waals surface area contributed by atoms with Crippen molar-refractivity contribution in [2.75, 3.05) is 0 Å². The van der Waals surface area contributed by atoms with Crippen molar-refractivity contribution in [2.45, 2.75) is 33.1 Å². The molecule has 3 heterocycles. The van der Waals surface area contributed by atoms with Gasteiger partial charge in [0.25, 0.3) is 0 Å². The van der Waals surface area contributed by atoms with Crippen LogP contribution in [0.1, 0.15) is 38.9 Å². The zero-order valence-corrected chi connectivity index (χ0v) is 30.1. The van der Waals surface area contributed by atoms with Crippen LogP contribution in [0.25, 0.3) is 81.9 Å². The fourth-order valence-electron chi connectivity index (χ4n) is 6.71. The molecule has 9 rings (SSSR count). The second-order valence-corrected chi connectivity index (χ2v) is 13.7. The van der Waals surface area contributed by atoms with E-state index < -0.39 is 0 Å². The Morgan fingerprint density at radius 1 is 0.500 bits per heavy atom. The van der Waals surface area contributed by atoms with E-state index >= 15 is 0 Å². The first-order valence-corrected chi connectivity index (χ1v) is 18.8. The molecule has 5 aromatic carbocycles. The molecule has 4 nitrogen and oxygen atoms in total. The van der Waals surface area contributed by atoms with Crippen LogP contribution >= 0.6 is 11.3 Å². The average Bonchev–Trinajstić information content (AvgIpc) is 3.37. The number of benzene rings is 5. The van der Waals surface area contributed by atoms with Gasteiger partial charge in [-0.05, 0) is 95.1 Å². The summed E-state index contributed by atoms with van der Waals surface area (Å²) in [6.45, 7) is 4.00. The van der Waals surface area contributed by atoms with E-state index in [-0.39, 0.29) is 0 Å². The monoisotopic (exact) mass is 690 g/mol. The molecule has 0 fully saturated rings. The van der Waals surface area contributed by atoms with Crippen molar-refractivity contribution >= 4 is 37.1 Å². The SMILES string of the molecule is C1=CCCCC(c2nc(-c3ccccc3)nc(-c3cc(-c4ccc(-c5ccc6sc7ccccc7c6c5)cc4)cc(-c4cccnc4)c3)n2)=C1.CC. The number of rotatable bonds is 6. The third kappa shape index (κ3) is 6.83. The Hall–Kier alpha value is -6.04. The summed E-state index contributed by atoms with van der Waals surface area (Å²) in [6, 6.07) is 45.2. The van der Waals surface area contributed by atoms with Gasteiger partial charge >= 0.3 is 0 Å². The van der Waals surface area contributed by atoms with E-state index in [0.717, 1.165) is 64.0 Å². The van der Waals surface area contributed by atoms with E-state index in [1.807, 2.05) is 61.8 Å². The number of hydrogen-bond donors (Lipinski definition) is 0. The van der Waals surface area contributed by atoms with Gasteiger partial charge in [-0.3, -0.25) is 4.98 Å². The summed E-state index contributed by atoms with van der Waals surface area (Å²) in [5.74, 6) is 2.06. The second kappa shape index (κ2) is 15.1. The highest BCUT2D eigenvalue weighted by atomic mass is 32.1.